The predicted octanol–water partition coefficient (Wildman–Crippen LogP) is 6.41. The Hall–Kier alpha value is -3.09. The molecule has 0 aliphatic carbocycles. The molecule has 1 aliphatic heterocycles. The molecule has 3 rings (SSSR count). The Labute approximate surface area is 176 Å². The van der Waals surface area contributed by atoms with Crippen LogP contribution in [0.5, 0.6) is 0 Å². The average Bonchev–Trinajstić information content (AvgIpc) is 2.71. The quantitative estimate of drug-likeness (QED) is 0.416. The molecule has 0 radical (unpaired) electrons. The van der Waals surface area contributed by atoms with E-state index in [1.165, 1.54) is 17.3 Å². The number of aryl methyl sites for hydroxylation is 1. The monoisotopic (exact) mass is 397 g/mol. The van der Waals surface area contributed by atoms with Crippen molar-refractivity contribution in [2.45, 2.75) is 26.0 Å². The van der Waals surface area contributed by atoms with Crippen molar-refractivity contribution in [1.82, 2.24) is 0 Å². The maximum Gasteiger partial charge on any atom is 0.168 e. The van der Waals surface area contributed by atoms with Crippen molar-refractivity contribution in [3.8, 4) is 0 Å². The smallest absolute Gasteiger partial charge is 0.168 e. The van der Waals surface area contributed by atoms with Crippen LogP contribution in [0.25, 0.3) is 11.1 Å². The lowest BCUT2D eigenvalue weighted by Crippen LogP contribution is -2.09. The van der Waals surface area contributed by atoms with Gasteiger partial charge < -0.3 is 0 Å². The first-order chi connectivity index (χ1) is 14.1. The third kappa shape index (κ3) is 5.47. The van der Waals surface area contributed by atoms with Crippen molar-refractivity contribution in [3.63, 3.8) is 0 Å². The number of carbonyl (C=O) groups is 1. The van der Waals surface area contributed by atoms with Crippen molar-refractivity contribution < 1.29 is 4.79 Å². The van der Waals surface area contributed by atoms with E-state index >= 15 is 0 Å². The fourth-order valence-corrected chi connectivity index (χ4v) is 3.73. The van der Waals surface area contributed by atoms with E-state index < -0.39 is 0 Å². The molecule has 1 atom stereocenters. The van der Waals surface area contributed by atoms with Gasteiger partial charge in [-0.05, 0) is 61.1 Å². The summed E-state index contributed by atoms with van der Waals surface area (Å²) >= 11 is 1.39. The molecule has 1 heterocycles. The summed E-state index contributed by atoms with van der Waals surface area (Å²) in [5, 5.41) is 0.413. The SMILES string of the molecule is C/C=C/C(=O)C(C)SC1=C=C/C(c2ccccc2)=C(/c2cccc(C)c2)C=C=N1. The van der Waals surface area contributed by atoms with Gasteiger partial charge in [0.05, 0.1) is 5.25 Å². The highest BCUT2D eigenvalue weighted by Gasteiger charge is 2.14. The van der Waals surface area contributed by atoms with Gasteiger partial charge >= 0.3 is 0 Å². The maximum atomic E-state index is 12.1. The number of hydrogen-bond donors (Lipinski definition) is 0. The molecule has 0 fully saturated rings. The van der Waals surface area contributed by atoms with Crippen molar-refractivity contribution in [1.29, 1.82) is 0 Å². The van der Waals surface area contributed by atoms with Gasteiger partial charge in [0, 0.05) is 6.08 Å². The highest BCUT2D eigenvalue weighted by Crippen LogP contribution is 2.31. The first-order valence-corrected chi connectivity index (χ1v) is 10.4. The summed E-state index contributed by atoms with van der Waals surface area (Å²) in [6.07, 6.45) is 7.22. The first kappa shape index (κ1) is 20.6. The third-order valence-electron chi connectivity index (χ3n) is 4.44. The zero-order valence-electron chi connectivity index (χ0n) is 16.8. The number of hydrogen-bond acceptors (Lipinski definition) is 3. The molecule has 0 bridgehead atoms. The van der Waals surface area contributed by atoms with Crippen molar-refractivity contribution in [3.05, 3.63) is 106 Å². The summed E-state index contributed by atoms with van der Waals surface area (Å²) in [5.41, 5.74) is 8.77. The van der Waals surface area contributed by atoms with Crippen LogP contribution in [0.3, 0.4) is 0 Å². The summed E-state index contributed by atoms with van der Waals surface area (Å²) in [4.78, 5) is 16.5. The zero-order valence-corrected chi connectivity index (χ0v) is 17.7. The second kappa shape index (κ2) is 9.91. The van der Waals surface area contributed by atoms with Gasteiger partial charge in [-0.15, -0.1) is 0 Å². The van der Waals surface area contributed by atoms with Crippen LogP contribution in [0.1, 0.15) is 30.5 Å². The number of ketones is 1. The Kier molecular flexibility index (Phi) is 7.05. The van der Waals surface area contributed by atoms with E-state index in [0.717, 1.165) is 22.3 Å². The summed E-state index contributed by atoms with van der Waals surface area (Å²) in [6.45, 7) is 5.81. The summed E-state index contributed by atoms with van der Waals surface area (Å²) < 4.78 is 0. The molecule has 2 aromatic carbocycles. The van der Waals surface area contributed by atoms with Crippen LogP contribution in [-0.2, 0) is 4.79 Å². The van der Waals surface area contributed by atoms with Crippen LogP contribution >= 0.6 is 11.8 Å². The fraction of sp³-hybridized carbons (Fsp3) is 0.154. The fourth-order valence-electron chi connectivity index (χ4n) is 2.97. The molecule has 0 saturated heterocycles. The molecule has 3 heteroatoms. The number of nitrogens with zero attached hydrogens (tertiary/aromatic N) is 1. The number of rotatable bonds is 6. The molecular formula is C26H23NOS. The predicted molar refractivity (Wildman–Crippen MR) is 125 cm³/mol. The molecule has 2 aromatic rings. The van der Waals surface area contributed by atoms with Gasteiger partial charge in [-0.3, -0.25) is 4.79 Å². The normalized spacial score (nSPS) is 17.1. The molecule has 0 amide bonds. The van der Waals surface area contributed by atoms with Crippen LogP contribution in [-0.4, -0.2) is 16.9 Å². The Morgan fingerprint density at radius 2 is 1.76 bits per heavy atom. The first-order valence-electron chi connectivity index (χ1n) is 9.54. The van der Waals surface area contributed by atoms with Crippen LogP contribution in [0.2, 0.25) is 0 Å². The van der Waals surface area contributed by atoms with Gasteiger partial charge in [0.15, 0.2) is 5.78 Å². The molecular weight excluding hydrogens is 374 g/mol. The van der Waals surface area contributed by atoms with E-state index in [0.29, 0.717) is 5.03 Å². The molecule has 0 saturated carbocycles. The number of benzene rings is 2. The standard InChI is InChI=1S/C26H23NOS/c1-4-9-25(28)20(3)29-26-15-14-23(21-11-6-5-7-12-21)24(16-17-27-26)22-13-8-10-19(2)18-22/h4-14,16,18,20H,1-3H3/b9-4+,24-23-. The number of aliphatic imine (C=N–C) groups is 1. The summed E-state index contributed by atoms with van der Waals surface area (Å²) in [6, 6.07) is 18.6. The number of carbonyl (C=O) groups excluding carboxylic acids is 1. The molecule has 0 spiro atoms. The van der Waals surface area contributed by atoms with E-state index in [2.05, 4.69) is 59.9 Å². The highest BCUT2D eigenvalue weighted by molar-refractivity contribution is 8.04. The number of thioether (sulfide) groups is 1. The largest absolute Gasteiger partial charge is 0.294 e. The molecule has 1 aliphatic rings. The van der Waals surface area contributed by atoms with E-state index in [1.807, 2.05) is 44.2 Å². The zero-order chi connectivity index (χ0) is 20.6. The summed E-state index contributed by atoms with van der Waals surface area (Å²) in [5.74, 6) is 3.12. The lowest BCUT2D eigenvalue weighted by Gasteiger charge is -2.11. The lowest BCUT2D eigenvalue weighted by atomic mass is 9.93. The van der Waals surface area contributed by atoms with Gasteiger partial charge in [-0.2, -0.15) is 4.99 Å². The molecule has 2 nitrogen and oxygen atoms in total. The van der Waals surface area contributed by atoms with E-state index in [-0.39, 0.29) is 11.0 Å². The third-order valence-corrected chi connectivity index (χ3v) is 5.46. The van der Waals surface area contributed by atoms with Gasteiger partial charge in [0.1, 0.15) is 5.03 Å². The van der Waals surface area contributed by atoms with Crippen LogP contribution in [0, 0.1) is 6.92 Å². The summed E-state index contributed by atoms with van der Waals surface area (Å²) in [7, 11) is 0. The van der Waals surface area contributed by atoms with Gasteiger partial charge in [0.2, 0.25) is 0 Å². The Bertz CT molecular complexity index is 1090. The molecule has 0 N–H and O–H groups in total. The van der Waals surface area contributed by atoms with Gasteiger partial charge in [-0.25, -0.2) is 0 Å². The van der Waals surface area contributed by atoms with Crippen LogP contribution < -0.4 is 0 Å². The van der Waals surface area contributed by atoms with E-state index in [9.17, 15) is 4.79 Å². The minimum Gasteiger partial charge on any atom is -0.294 e. The second-order valence-corrected chi connectivity index (χ2v) is 8.03. The van der Waals surface area contributed by atoms with E-state index in [1.54, 1.807) is 12.2 Å². The molecule has 144 valence electrons. The topological polar surface area (TPSA) is 29.4 Å². The molecule has 0 aromatic heterocycles. The van der Waals surface area contributed by atoms with Crippen LogP contribution in [0.4, 0.5) is 0 Å². The van der Waals surface area contributed by atoms with Gasteiger partial charge in [0.25, 0.3) is 0 Å². The lowest BCUT2D eigenvalue weighted by molar-refractivity contribution is -0.113. The number of allylic oxidation sites excluding steroid dienone is 6. The molecule has 29 heavy (non-hydrogen) atoms. The molecule has 1 unspecified atom stereocenters. The second-order valence-electron chi connectivity index (χ2n) is 6.70. The minimum atomic E-state index is -0.229. The van der Waals surface area contributed by atoms with Gasteiger partial charge in [-0.1, -0.05) is 83.7 Å². The van der Waals surface area contributed by atoms with Crippen LogP contribution in [0.15, 0.2) is 94.7 Å². The maximum absolute atomic E-state index is 12.1. The highest BCUT2D eigenvalue weighted by atomic mass is 32.2. The Morgan fingerprint density at radius 1 is 1.03 bits per heavy atom. The van der Waals surface area contributed by atoms with E-state index in [4.69, 9.17) is 0 Å². The van der Waals surface area contributed by atoms with Crippen molar-refractivity contribution in [2.75, 3.05) is 0 Å². The van der Waals surface area contributed by atoms with Crippen molar-refractivity contribution in [2.24, 2.45) is 4.99 Å². The Morgan fingerprint density at radius 3 is 2.48 bits per heavy atom. The minimum absolute atomic E-state index is 0.0623. The average molecular weight is 398 g/mol. The Balaban J connectivity index is 2.10. The van der Waals surface area contributed by atoms with Crippen molar-refractivity contribution >= 4 is 34.6 Å².